The van der Waals surface area contributed by atoms with Crippen LogP contribution in [0.4, 0.5) is 4.39 Å². The van der Waals surface area contributed by atoms with Crippen molar-refractivity contribution >= 4 is 5.91 Å². The van der Waals surface area contributed by atoms with Crippen LogP contribution in [0.2, 0.25) is 0 Å². The molecule has 1 atom stereocenters. The van der Waals surface area contributed by atoms with Gasteiger partial charge in [-0.1, -0.05) is 5.16 Å². The number of carbonyl (C=O) groups is 1. The number of methoxy groups -OCH3 is 1. The first kappa shape index (κ1) is 19.5. The van der Waals surface area contributed by atoms with Crippen LogP contribution in [-0.4, -0.2) is 44.0 Å². The Kier molecular flexibility index (Phi) is 6.23. The van der Waals surface area contributed by atoms with E-state index in [1.165, 1.54) is 12.1 Å². The summed E-state index contributed by atoms with van der Waals surface area (Å²) >= 11 is 0. The predicted octanol–water partition coefficient (Wildman–Crippen LogP) is 2.97. The lowest BCUT2D eigenvalue weighted by molar-refractivity contribution is -0.138. The minimum absolute atomic E-state index is 0.0184. The van der Waals surface area contributed by atoms with Gasteiger partial charge in [0.15, 0.2) is 0 Å². The van der Waals surface area contributed by atoms with Crippen LogP contribution >= 0.6 is 0 Å². The zero-order chi connectivity index (χ0) is 19.3. The molecule has 6 nitrogen and oxygen atoms in total. The maximum Gasteiger partial charge on any atom is 0.227 e. The summed E-state index contributed by atoms with van der Waals surface area (Å²) < 4.78 is 29.2. The summed E-state index contributed by atoms with van der Waals surface area (Å²) in [6.45, 7) is 3.43. The molecule has 7 heteroatoms. The first-order valence-electron chi connectivity index (χ1n) is 9.11. The Morgan fingerprint density at radius 2 is 2.04 bits per heavy atom. The number of nitrogens with zero attached hydrogens (tertiary/aromatic N) is 1. The van der Waals surface area contributed by atoms with Gasteiger partial charge in [-0.3, -0.25) is 4.79 Å². The molecule has 1 aliphatic rings. The number of hydrogen-bond donors (Lipinski definition) is 1. The van der Waals surface area contributed by atoms with E-state index in [1.807, 2.05) is 13.0 Å². The van der Waals surface area contributed by atoms with Crippen LogP contribution in [-0.2, 0) is 20.7 Å². The number of rotatable bonds is 7. The number of carbonyl (C=O) groups excluding carboxylic acids is 1. The second-order valence-electron chi connectivity index (χ2n) is 7.08. The molecule has 1 aliphatic heterocycles. The molecule has 3 rings (SSSR count). The highest BCUT2D eigenvalue weighted by molar-refractivity contribution is 5.83. The van der Waals surface area contributed by atoms with Crippen molar-refractivity contribution in [3.8, 4) is 11.3 Å². The molecule has 0 unspecified atom stereocenters. The van der Waals surface area contributed by atoms with Gasteiger partial charge in [0.25, 0.3) is 0 Å². The van der Waals surface area contributed by atoms with Gasteiger partial charge < -0.3 is 19.3 Å². The van der Waals surface area contributed by atoms with E-state index in [9.17, 15) is 9.18 Å². The minimum Gasteiger partial charge on any atom is -0.383 e. The molecule has 2 heterocycles. The molecule has 1 aromatic carbocycles. The van der Waals surface area contributed by atoms with Crippen molar-refractivity contribution in [3.05, 3.63) is 41.9 Å². The number of hydrogen-bond acceptors (Lipinski definition) is 5. The van der Waals surface area contributed by atoms with Crippen LogP contribution in [0.15, 0.2) is 34.9 Å². The fourth-order valence-corrected chi connectivity index (χ4v) is 3.40. The average molecular weight is 376 g/mol. The van der Waals surface area contributed by atoms with Gasteiger partial charge in [-0.25, -0.2) is 4.39 Å². The van der Waals surface area contributed by atoms with Gasteiger partial charge in [-0.15, -0.1) is 0 Å². The quantitative estimate of drug-likeness (QED) is 0.804. The maximum atomic E-state index is 13.1. The molecule has 0 radical (unpaired) electrons. The monoisotopic (exact) mass is 376 g/mol. The Bertz CT molecular complexity index is 754. The van der Waals surface area contributed by atoms with Crippen molar-refractivity contribution in [2.24, 2.45) is 5.41 Å². The summed E-state index contributed by atoms with van der Waals surface area (Å²) in [6, 6.07) is 7.81. The van der Waals surface area contributed by atoms with Gasteiger partial charge in [0, 0.05) is 44.4 Å². The van der Waals surface area contributed by atoms with Crippen molar-refractivity contribution < 1.29 is 23.2 Å². The van der Waals surface area contributed by atoms with Gasteiger partial charge in [-0.2, -0.15) is 0 Å². The number of nitrogens with one attached hydrogen (secondary N) is 1. The topological polar surface area (TPSA) is 73.6 Å². The van der Waals surface area contributed by atoms with E-state index < -0.39 is 5.41 Å². The van der Waals surface area contributed by atoms with Gasteiger partial charge in [0.2, 0.25) is 5.91 Å². The predicted molar refractivity (Wildman–Crippen MR) is 97.6 cm³/mol. The highest BCUT2D eigenvalue weighted by Gasteiger charge is 2.41. The van der Waals surface area contributed by atoms with Crippen LogP contribution in [0.1, 0.15) is 25.5 Å². The normalized spacial score (nSPS) is 17.4. The molecule has 0 aliphatic carbocycles. The Morgan fingerprint density at radius 1 is 1.33 bits per heavy atom. The molecule has 146 valence electrons. The van der Waals surface area contributed by atoms with Gasteiger partial charge in [0.1, 0.15) is 17.3 Å². The third-order valence-electron chi connectivity index (χ3n) is 4.94. The Morgan fingerprint density at radius 3 is 2.70 bits per heavy atom. The molecule has 0 saturated carbocycles. The molecule has 1 amide bonds. The van der Waals surface area contributed by atoms with Crippen LogP contribution in [0.25, 0.3) is 11.3 Å². The van der Waals surface area contributed by atoms with Crippen LogP contribution in [0, 0.1) is 11.2 Å². The molecule has 0 bridgehead atoms. The fourth-order valence-electron chi connectivity index (χ4n) is 3.40. The lowest BCUT2D eigenvalue weighted by Gasteiger charge is -2.35. The summed E-state index contributed by atoms with van der Waals surface area (Å²) in [5, 5.41) is 7.12. The third kappa shape index (κ3) is 4.73. The molecule has 2 aromatic rings. The van der Waals surface area contributed by atoms with Crippen molar-refractivity contribution in [1.82, 2.24) is 10.5 Å². The molecular formula is C20H25FN2O4. The van der Waals surface area contributed by atoms with E-state index in [1.54, 1.807) is 19.2 Å². The zero-order valence-corrected chi connectivity index (χ0v) is 15.7. The summed E-state index contributed by atoms with van der Waals surface area (Å²) in [4.78, 5) is 13.0. The number of halogens is 1. The van der Waals surface area contributed by atoms with E-state index >= 15 is 0 Å². The van der Waals surface area contributed by atoms with Crippen LogP contribution in [0.3, 0.4) is 0 Å². The van der Waals surface area contributed by atoms with E-state index in [4.69, 9.17) is 14.0 Å². The number of aromatic nitrogens is 1. The van der Waals surface area contributed by atoms with Crippen molar-refractivity contribution in [2.45, 2.75) is 32.2 Å². The highest BCUT2D eigenvalue weighted by atomic mass is 19.1. The number of benzene rings is 1. The minimum atomic E-state index is -0.597. The first-order chi connectivity index (χ1) is 13.0. The second kappa shape index (κ2) is 8.63. The number of amides is 1. The molecular weight excluding hydrogens is 351 g/mol. The van der Waals surface area contributed by atoms with E-state index in [0.717, 1.165) is 5.56 Å². The SMILES string of the molecule is COC[C@H](C)NC(=O)C1(Cc2cc(-c3ccc(F)cc3)no2)CCOCC1. The Labute approximate surface area is 158 Å². The number of ether oxygens (including phenoxy) is 2. The van der Waals surface area contributed by atoms with Crippen LogP contribution < -0.4 is 5.32 Å². The Balaban J connectivity index is 1.76. The largest absolute Gasteiger partial charge is 0.383 e. The van der Waals surface area contributed by atoms with Crippen molar-refractivity contribution in [3.63, 3.8) is 0 Å². The summed E-state index contributed by atoms with van der Waals surface area (Å²) in [5.74, 6) is 0.311. The third-order valence-corrected chi connectivity index (χ3v) is 4.94. The lowest BCUT2D eigenvalue weighted by Crippen LogP contribution is -2.49. The Hall–Kier alpha value is -2.25. The summed E-state index contributed by atoms with van der Waals surface area (Å²) in [6.07, 6.45) is 1.67. The summed E-state index contributed by atoms with van der Waals surface area (Å²) in [7, 11) is 1.61. The van der Waals surface area contributed by atoms with Gasteiger partial charge >= 0.3 is 0 Å². The van der Waals surface area contributed by atoms with E-state index in [0.29, 0.717) is 50.5 Å². The standard InChI is InChI=1S/C20H25FN2O4/c1-14(13-25-2)22-19(24)20(7-9-26-10-8-20)12-17-11-18(23-27-17)15-3-5-16(21)6-4-15/h3-6,11,14H,7-10,12-13H2,1-2H3,(H,22,24)/t14-/m0/s1. The maximum absolute atomic E-state index is 13.1. The first-order valence-corrected chi connectivity index (χ1v) is 9.11. The van der Waals surface area contributed by atoms with Crippen LogP contribution in [0.5, 0.6) is 0 Å². The zero-order valence-electron chi connectivity index (χ0n) is 15.7. The average Bonchev–Trinajstić information content (AvgIpc) is 3.11. The molecule has 1 aromatic heterocycles. The molecule has 1 N–H and O–H groups in total. The summed E-state index contributed by atoms with van der Waals surface area (Å²) in [5.41, 5.74) is 0.797. The van der Waals surface area contributed by atoms with E-state index in [-0.39, 0.29) is 17.8 Å². The van der Waals surface area contributed by atoms with E-state index in [2.05, 4.69) is 10.5 Å². The lowest BCUT2D eigenvalue weighted by atomic mass is 9.75. The fraction of sp³-hybridized carbons (Fsp3) is 0.500. The molecule has 1 saturated heterocycles. The van der Waals surface area contributed by atoms with Gasteiger partial charge in [-0.05, 0) is 44.0 Å². The van der Waals surface area contributed by atoms with Crippen molar-refractivity contribution in [1.29, 1.82) is 0 Å². The molecule has 27 heavy (non-hydrogen) atoms. The second-order valence-corrected chi connectivity index (χ2v) is 7.08. The highest BCUT2D eigenvalue weighted by Crippen LogP contribution is 2.36. The van der Waals surface area contributed by atoms with Crippen molar-refractivity contribution in [2.75, 3.05) is 26.9 Å². The molecule has 0 spiro atoms. The van der Waals surface area contributed by atoms with Gasteiger partial charge in [0.05, 0.1) is 12.0 Å². The molecule has 1 fully saturated rings. The smallest absolute Gasteiger partial charge is 0.227 e.